The number of aromatic nitrogens is 1. The fourth-order valence-electron chi connectivity index (χ4n) is 5.61. The number of fused-ring (bicyclic) bond motifs is 2. The number of nitro groups is 1. The van der Waals surface area contributed by atoms with Gasteiger partial charge in [-0.05, 0) is 60.9 Å². The van der Waals surface area contributed by atoms with Gasteiger partial charge in [-0.3, -0.25) is 14.9 Å². The van der Waals surface area contributed by atoms with Gasteiger partial charge in [-0.25, -0.2) is 9.78 Å². The largest absolute Gasteiger partial charge is 0.452 e. The van der Waals surface area contributed by atoms with E-state index >= 15 is 0 Å². The van der Waals surface area contributed by atoms with Crippen LogP contribution >= 0.6 is 0 Å². The van der Waals surface area contributed by atoms with Crippen molar-refractivity contribution in [2.45, 2.75) is 57.4 Å². The zero-order valence-corrected chi connectivity index (χ0v) is 21.5. The number of para-hydroxylation sites is 1. The molecule has 196 valence electrons. The summed E-state index contributed by atoms with van der Waals surface area (Å²) in [5.41, 5.74) is 4.26. The van der Waals surface area contributed by atoms with Crippen LogP contribution in [0.2, 0.25) is 0 Å². The third kappa shape index (κ3) is 5.30. The monoisotopic (exact) mass is 513 g/mol. The molecule has 8 heteroatoms. The molecule has 3 aromatic rings. The van der Waals surface area contributed by atoms with E-state index in [-0.39, 0.29) is 24.2 Å². The Bertz CT molecular complexity index is 1420. The molecule has 1 saturated carbocycles. The van der Waals surface area contributed by atoms with Crippen molar-refractivity contribution in [1.29, 1.82) is 0 Å². The first-order chi connectivity index (χ1) is 18.4. The summed E-state index contributed by atoms with van der Waals surface area (Å²) in [5.74, 6) is -0.717. The summed E-state index contributed by atoms with van der Waals surface area (Å²) in [6, 6.07) is 14.1. The number of pyridine rings is 1. The standard InChI is InChI=1S/C30H31N3O5/c1-32(22-11-3-2-4-12-22)27(34)19-38-30(35)28-24-14-5-6-16-26(24)31-29-21(10-8-15-25(28)29)17-20-9-7-13-23(18-20)33(36)37/h5-7,9,13-14,16-18,22H,2-4,8,10-12,15,19H2,1H3. The molecule has 0 aliphatic heterocycles. The summed E-state index contributed by atoms with van der Waals surface area (Å²) < 4.78 is 5.62. The third-order valence-electron chi connectivity index (χ3n) is 7.64. The predicted molar refractivity (Wildman–Crippen MR) is 146 cm³/mol. The quantitative estimate of drug-likeness (QED) is 0.229. The molecule has 0 atom stereocenters. The van der Waals surface area contributed by atoms with E-state index in [0.29, 0.717) is 34.1 Å². The highest BCUT2D eigenvalue weighted by Gasteiger charge is 2.28. The minimum Gasteiger partial charge on any atom is -0.452 e. The second-order valence-corrected chi connectivity index (χ2v) is 10.1. The Morgan fingerprint density at radius 3 is 2.66 bits per heavy atom. The van der Waals surface area contributed by atoms with Gasteiger partial charge in [0.25, 0.3) is 11.6 Å². The molecule has 0 unspecified atom stereocenters. The Hall–Kier alpha value is -4.07. The molecule has 1 amide bonds. The number of hydrogen-bond acceptors (Lipinski definition) is 6. The SMILES string of the molecule is CN(C(=O)COC(=O)c1c2c(nc3ccccc13)C(=Cc1cccc([N+](=O)[O-])c1)CCC2)C1CCCCC1. The highest BCUT2D eigenvalue weighted by molar-refractivity contribution is 6.07. The van der Waals surface area contributed by atoms with Gasteiger partial charge in [-0.15, -0.1) is 0 Å². The van der Waals surface area contributed by atoms with Crippen LogP contribution in [-0.4, -0.2) is 46.4 Å². The number of benzene rings is 2. The van der Waals surface area contributed by atoms with Gasteiger partial charge in [-0.2, -0.15) is 0 Å². The van der Waals surface area contributed by atoms with Crippen molar-refractivity contribution in [1.82, 2.24) is 9.88 Å². The lowest BCUT2D eigenvalue weighted by Crippen LogP contribution is -2.40. The van der Waals surface area contributed by atoms with Crippen molar-refractivity contribution in [3.63, 3.8) is 0 Å². The molecule has 0 N–H and O–H groups in total. The van der Waals surface area contributed by atoms with Crippen LogP contribution in [0.25, 0.3) is 22.6 Å². The van der Waals surface area contributed by atoms with Crippen molar-refractivity contribution < 1.29 is 19.2 Å². The third-order valence-corrected chi connectivity index (χ3v) is 7.64. The lowest BCUT2D eigenvalue weighted by molar-refractivity contribution is -0.384. The fourth-order valence-corrected chi connectivity index (χ4v) is 5.61. The molecule has 2 aromatic carbocycles. The maximum absolute atomic E-state index is 13.5. The zero-order valence-electron chi connectivity index (χ0n) is 21.5. The second kappa shape index (κ2) is 11.1. The highest BCUT2D eigenvalue weighted by atomic mass is 16.6. The summed E-state index contributed by atoms with van der Waals surface area (Å²) in [7, 11) is 1.79. The Kier molecular flexibility index (Phi) is 7.49. The summed E-state index contributed by atoms with van der Waals surface area (Å²) in [6.45, 7) is -0.298. The van der Waals surface area contributed by atoms with Crippen molar-refractivity contribution in [3.8, 4) is 0 Å². The molecular weight excluding hydrogens is 482 g/mol. The van der Waals surface area contributed by atoms with E-state index in [9.17, 15) is 19.7 Å². The normalized spacial score (nSPS) is 16.7. The van der Waals surface area contributed by atoms with Crippen molar-refractivity contribution in [2.24, 2.45) is 0 Å². The molecule has 38 heavy (non-hydrogen) atoms. The first kappa shape index (κ1) is 25.6. The molecule has 2 aliphatic rings. The number of likely N-dealkylation sites (N-methyl/N-ethyl adjacent to an activating group) is 1. The Balaban J connectivity index is 1.46. The van der Waals surface area contributed by atoms with Crippen LogP contribution in [0.15, 0.2) is 48.5 Å². The summed E-state index contributed by atoms with van der Waals surface area (Å²) in [4.78, 5) is 43.8. The second-order valence-electron chi connectivity index (χ2n) is 10.1. The number of hydrogen-bond donors (Lipinski definition) is 0. The number of rotatable bonds is 6. The minimum absolute atomic E-state index is 0.0222. The van der Waals surface area contributed by atoms with Crippen LogP contribution in [0.3, 0.4) is 0 Å². The average molecular weight is 514 g/mol. The first-order valence-corrected chi connectivity index (χ1v) is 13.2. The zero-order chi connectivity index (χ0) is 26.6. The Morgan fingerprint density at radius 2 is 1.87 bits per heavy atom. The van der Waals surface area contributed by atoms with Gasteiger partial charge in [-0.1, -0.05) is 49.6 Å². The van der Waals surface area contributed by atoms with Crippen LogP contribution in [0.1, 0.15) is 72.1 Å². The molecule has 1 heterocycles. The Labute approximate surface area is 221 Å². The van der Waals surface area contributed by atoms with E-state index < -0.39 is 10.9 Å². The van der Waals surface area contributed by atoms with Gasteiger partial charge in [0.15, 0.2) is 6.61 Å². The van der Waals surface area contributed by atoms with E-state index in [1.807, 2.05) is 36.4 Å². The number of amides is 1. The highest BCUT2D eigenvalue weighted by Crippen LogP contribution is 2.36. The van der Waals surface area contributed by atoms with E-state index in [4.69, 9.17) is 9.72 Å². The van der Waals surface area contributed by atoms with E-state index in [1.165, 1.54) is 18.6 Å². The van der Waals surface area contributed by atoms with Crippen LogP contribution in [0.4, 0.5) is 5.69 Å². The molecule has 8 nitrogen and oxygen atoms in total. The van der Waals surface area contributed by atoms with Gasteiger partial charge in [0.2, 0.25) is 0 Å². The number of nitro benzene ring substituents is 1. The van der Waals surface area contributed by atoms with Gasteiger partial charge in [0.05, 0.1) is 21.7 Å². The van der Waals surface area contributed by atoms with Gasteiger partial charge >= 0.3 is 5.97 Å². The van der Waals surface area contributed by atoms with E-state index in [2.05, 4.69) is 0 Å². The molecule has 1 aromatic heterocycles. The van der Waals surface area contributed by atoms with Gasteiger partial charge < -0.3 is 9.64 Å². The molecule has 0 radical (unpaired) electrons. The molecule has 0 saturated heterocycles. The van der Waals surface area contributed by atoms with Crippen molar-refractivity contribution in [3.05, 3.63) is 81.0 Å². The average Bonchev–Trinajstić information content (AvgIpc) is 2.95. The Morgan fingerprint density at radius 1 is 1.08 bits per heavy atom. The number of esters is 1. The lowest BCUT2D eigenvalue weighted by Gasteiger charge is -2.31. The number of nitrogens with zero attached hydrogens (tertiary/aromatic N) is 3. The predicted octanol–water partition coefficient (Wildman–Crippen LogP) is 5.97. The lowest BCUT2D eigenvalue weighted by atomic mass is 9.86. The van der Waals surface area contributed by atoms with Crippen LogP contribution in [0, 0.1) is 10.1 Å². The molecule has 0 spiro atoms. The minimum atomic E-state index is -0.526. The fraction of sp³-hybridized carbons (Fsp3) is 0.367. The first-order valence-electron chi connectivity index (χ1n) is 13.2. The van der Waals surface area contributed by atoms with E-state index in [0.717, 1.165) is 49.7 Å². The van der Waals surface area contributed by atoms with Crippen LogP contribution < -0.4 is 0 Å². The number of non-ortho nitro benzene ring substituents is 1. The number of allylic oxidation sites excluding steroid dienone is 1. The molecule has 0 bridgehead atoms. The van der Waals surface area contributed by atoms with Crippen molar-refractivity contribution >= 4 is 40.1 Å². The van der Waals surface area contributed by atoms with Crippen LogP contribution in [-0.2, 0) is 16.0 Å². The molecule has 1 fully saturated rings. The summed E-state index contributed by atoms with van der Waals surface area (Å²) >= 11 is 0. The summed E-state index contributed by atoms with van der Waals surface area (Å²) in [6.07, 6.45) is 9.50. The molecule has 2 aliphatic carbocycles. The maximum Gasteiger partial charge on any atom is 0.339 e. The van der Waals surface area contributed by atoms with Gasteiger partial charge in [0.1, 0.15) is 0 Å². The number of carbonyl (C=O) groups excluding carboxylic acids is 2. The smallest absolute Gasteiger partial charge is 0.339 e. The molecular formula is C30H31N3O5. The number of carbonyl (C=O) groups is 2. The summed E-state index contributed by atoms with van der Waals surface area (Å²) in [5, 5.41) is 11.9. The van der Waals surface area contributed by atoms with Gasteiger partial charge in [0, 0.05) is 30.6 Å². The van der Waals surface area contributed by atoms with E-state index in [1.54, 1.807) is 18.0 Å². The number of ether oxygens (including phenoxy) is 1. The topological polar surface area (TPSA) is 103 Å². The van der Waals surface area contributed by atoms with Crippen LogP contribution in [0.5, 0.6) is 0 Å². The van der Waals surface area contributed by atoms with Crippen molar-refractivity contribution in [2.75, 3.05) is 13.7 Å². The molecule has 5 rings (SSSR count). The maximum atomic E-state index is 13.5.